The number of ether oxygens (including phenoxy) is 1. The van der Waals surface area contributed by atoms with E-state index in [1.807, 2.05) is 6.20 Å². The van der Waals surface area contributed by atoms with Crippen LogP contribution in [0.5, 0.6) is 5.75 Å². The molecule has 6 nitrogen and oxygen atoms in total. The first-order valence-electron chi connectivity index (χ1n) is 9.31. The van der Waals surface area contributed by atoms with Gasteiger partial charge in [-0.25, -0.2) is 4.98 Å². The Morgan fingerprint density at radius 1 is 1.21 bits per heavy atom. The summed E-state index contributed by atoms with van der Waals surface area (Å²) in [4.78, 5) is 12.3. The van der Waals surface area contributed by atoms with Gasteiger partial charge >= 0.3 is 0 Å². The van der Waals surface area contributed by atoms with Gasteiger partial charge < -0.3 is 19.9 Å². The average molecular weight is 331 g/mol. The molecule has 0 saturated carbocycles. The van der Waals surface area contributed by atoms with Gasteiger partial charge in [-0.05, 0) is 13.8 Å². The van der Waals surface area contributed by atoms with Crippen molar-refractivity contribution in [2.24, 2.45) is 0 Å². The zero-order valence-corrected chi connectivity index (χ0v) is 14.9. The second kappa shape index (κ2) is 6.76. The highest BCUT2D eigenvalue weighted by Crippen LogP contribution is 2.35. The van der Waals surface area contributed by atoms with Crippen LogP contribution >= 0.6 is 0 Å². The van der Waals surface area contributed by atoms with Crippen LogP contribution in [0.1, 0.15) is 20.3 Å². The number of rotatable bonds is 2. The molecule has 24 heavy (non-hydrogen) atoms. The molecule has 0 amide bonds. The van der Waals surface area contributed by atoms with E-state index < -0.39 is 0 Å². The molecular formula is C18H29N5O. The normalized spacial score (nSPS) is 25.0. The SMILES string of the molecule is CC(C)N1CCN2c3ncc(N4CCNCC4)cc3OCC[C@@H]2C1. The molecule has 0 radical (unpaired) electrons. The molecule has 0 spiro atoms. The van der Waals surface area contributed by atoms with E-state index in [-0.39, 0.29) is 0 Å². The molecule has 3 aliphatic rings. The van der Waals surface area contributed by atoms with E-state index in [0.29, 0.717) is 12.1 Å². The van der Waals surface area contributed by atoms with Crippen LogP contribution in [0.15, 0.2) is 12.3 Å². The minimum absolute atomic E-state index is 0.514. The number of nitrogens with one attached hydrogen (secondary N) is 1. The molecule has 0 bridgehead atoms. The first-order chi connectivity index (χ1) is 11.7. The Labute approximate surface area is 144 Å². The van der Waals surface area contributed by atoms with Crippen molar-refractivity contribution in [3.8, 4) is 5.75 Å². The molecule has 2 saturated heterocycles. The van der Waals surface area contributed by atoms with Crippen LogP contribution in [-0.4, -0.2) is 74.4 Å². The minimum atomic E-state index is 0.514. The predicted octanol–water partition coefficient (Wildman–Crippen LogP) is 1.17. The van der Waals surface area contributed by atoms with Crippen LogP contribution in [0.3, 0.4) is 0 Å². The Kier molecular flexibility index (Phi) is 4.50. The van der Waals surface area contributed by atoms with Gasteiger partial charge in [0, 0.05) is 70.4 Å². The number of aromatic nitrogens is 1. The number of piperazine rings is 2. The molecule has 132 valence electrons. The third kappa shape index (κ3) is 3.05. The van der Waals surface area contributed by atoms with Crippen LogP contribution in [0.4, 0.5) is 11.5 Å². The summed E-state index contributed by atoms with van der Waals surface area (Å²) in [6.07, 6.45) is 3.10. The van der Waals surface area contributed by atoms with Crippen molar-refractivity contribution in [3.63, 3.8) is 0 Å². The van der Waals surface area contributed by atoms with E-state index in [4.69, 9.17) is 9.72 Å². The van der Waals surface area contributed by atoms with Crippen molar-refractivity contribution in [1.29, 1.82) is 0 Å². The topological polar surface area (TPSA) is 43.9 Å². The Morgan fingerprint density at radius 3 is 2.83 bits per heavy atom. The number of hydrogen-bond acceptors (Lipinski definition) is 6. The summed E-state index contributed by atoms with van der Waals surface area (Å²) < 4.78 is 6.10. The first kappa shape index (κ1) is 16.0. The summed E-state index contributed by atoms with van der Waals surface area (Å²) >= 11 is 0. The quantitative estimate of drug-likeness (QED) is 0.878. The molecule has 2 fully saturated rings. The third-order valence-corrected chi connectivity index (χ3v) is 5.53. The van der Waals surface area contributed by atoms with Crippen molar-refractivity contribution < 1.29 is 4.74 Å². The summed E-state index contributed by atoms with van der Waals surface area (Å²) in [5, 5.41) is 3.40. The van der Waals surface area contributed by atoms with E-state index in [9.17, 15) is 0 Å². The highest BCUT2D eigenvalue weighted by molar-refractivity contribution is 5.61. The maximum absolute atomic E-state index is 6.10. The smallest absolute Gasteiger partial charge is 0.171 e. The Morgan fingerprint density at radius 2 is 2.04 bits per heavy atom. The Bertz CT molecular complexity index is 573. The lowest BCUT2D eigenvalue weighted by Gasteiger charge is -2.42. The van der Waals surface area contributed by atoms with Crippen LogP contribution in [-0.2, 0) is 0 Å². The second-order valence-corrected chi connectivity index (χ2v) is 7.33. The zero-order chi connectivity index (χ0) is 16.5. The molecule has 1 N–H and O–H groups in total. The van der Waals surface area contributed by atoms with Gasteiger partial charge in [-0.3, -0.25) is 4.90 Å². The van der Waals surface area contributed by atoms with Crippen LogP contribution < -0.4 is 19.9 Å². The van der Waals surface area contributed by atoms with Crippen molar-refractivity contribution in [3.05, 3.63) is 12.3 Å². The van der Waals surface area contributed by atoms with Gasteiger partial charge in [0.2, 0.25) is 0 Å². The molecule has 4 rings (SSSR count). The molecule has 1 aromatic heterocycles. The van der Waals surface area contributed by atoms with Gasteiger partial charge in [-0.15, -0.1) is 0 Å². The van der Waals surface area contributed by atoms with E-state index in [0.717, 1.165) is 70.4 Å². The van der Waals surface area contributed by atoms with Crippen molar-refractivity contribution in [2.75, 3.05) is 62.2 Å². The number of pyridine rings is 1. The first-order valence-corrected chi connectivity index (χ1v) is 9.31. The van der Waals surface area contributed by atoms with Crippen molar-refractivity contribution in [2.45, 2.75) is 32.4 Å². The highest BCUT2D eigenvalue weighted by atomic mass is 16.5. The van der Waals surface area contributed by atoms with E-state index in [2.05, 4.69) is 39.9 Å². The standard InChI is InChI=1S/C18H29N5O/c1-14(2)22-8-9-23-15(13-22)3-10-24-17-11-16(12-20-18(17)23)21-6-4-19-5-7-21/h11-12,14-15,19H,3-10,13H2,1-2H3/t15-/m1/s1. The molecule has 6 heteroatoms. The third-order valence-electron chi connectivity index (χ3n) is 5.53. The van der Waals surface area contributed by atoms with Crippen molar-refractivity contribution >= 4 is 11.5 Å². The highest BCUT2D eigenvalue weighted by Gasteiger charge is 2.33. The Balaban J connectivity index is 1.56. The molecule has 3 aliphatic heterocycles. The van der Waals surface area contributed by atoms with E-state index in [1.165, 1.54) is 5.69 Å². The summed E-state index contributed by atoms with van der Waals surface area (Å²) in [7, 11) is 0. The fourth-order valence-electron chi connectivity index (χ4n) is 4.02. The van der Waals surface area contributed by atoms with Gasteiger partial charge in [0.15, 0.2) is 11.6 Å². The number of fused-ring (bicyclic) bond motifs is 3. The molecule has 0 unspecified atom stereocenters. The van der Waals surface area contributed by atoms with Crippen molar-refractivity contribution in [1.82, 2.24) is 15.2 Å². The molecular weight excluding hydrogens is 302 g/mol. The summed E-state index contributed by atoms with van der Waals surface area (Å²) in [5.74, 6) is 2.01. The largest absolute Gasteiger partial charge is 0.490 e. The van der Waals surface area contributed by atoms with Crippen LogP contribution in [0.2, 0.25) is 0 Å². The van der Waals surface area contributed by atoms with Gasteiger partial charge in [-0.1, -0.05) is 0 Å². The van der Waals surface area contributed by atoms with Gasteiger partial charge in [0.25, 0.3) is 0 Å². The minimum Gasteiger partial charge on any atom is -0.490 e. The summed E-state index contributed by atoms with van der Waals surface area (Å²) in [6.45, 7) is 12.8. The zero-order valence-electron chi connectivity index (χ0n) is 14.9. The van der Waals surface area contributed by atoms with Gasteiger partial charge in [0.1, 0.15) is 0 Å². The Hall–Kier alpha value is -1.53. The van der Waals surface area contributed by atoms with Crippen LogP contribution in [0.25, 0.3) is 0 Å². The maximum Gasteiger partial charge on any atom is 0.171 e. The lowest BCUT2D eigenvalue weighted by atomic mass is 10.1. The summed E-state index contributed by atoms with van der Waals surface area (Å²) in [6, 6.07) is 3.32. The maximum atomic E-state index is 6.10. The second-order valence-electron chi connectivity index (χ2n) is 7.33. The molecule has 0 aliphatic carbocycles. The van der Waals surface area contributed by atoms with E-state index in [1.54, 1.807) is 0 Å². The monoisotopic (exact) mass is 331 g/mol. The van der Waals surface area contributed by atoms with Crippen LogP contribution in [0, 0.1) is 0 Å². The fraction of sp³-hybridized carbons (Fsp3) is 0.722. The van der Waals surface area contributed by atoms with Gasteiger partial charge in [-0.2, -0.15) is 0 Å². The molecule has 1 aromatic rings. The fourth-order valence-corrected chi connectivity index (χ4v) is 4.02. The lowest BCUT2D eigenvalue weighted by Crippen LogP contribution is -2.55. The average Bonchev–Trinajstić information content (AvgIpc) is 2.80. The number of anilines is 2. The molecule has 4 heterocycles. The summed E-state index contributed by atoms with van der Waals surface area (Å²) in [5.41, 5.74) is 1.19. The molecule has 0 aromatic carbocycles. The lowest BCUT2D eigenvalue weighted by molar-refractivity contribution is 0.172. The number of hydrogen-bond donors (Lipinski definition) is 1. The molecule has 1 atom stereocenters. The van der Waals surface area contributed by atoms with Gasteiger partial charge in [0.05, 0.1) is 18.5 Å². The number of nitrogens with zero attached hydrogens (tertiary/aromatic N) is 4. The predicted molar refractivity (Wildman–Crippen MR) is 97.3 cm³/mol. The van der Waals surface area contributed by atoms with E-state index >= 15 is 0 Å².